The Morgan fingerprint density at radius 1 is 1.21 bits per heavy atom. The Morgan fingerprint density at radius 2 is 1.93 bits per heavy atom. The second-order valence-corrected chi connectivity index (χ2v) is 3.42. The molecule has 0 fully saturated rings. The van der Waals surface area contributed by atoms with Crippen molar-refractivity contribution in [3.63, 3.8) is 0 Å². The van der Waals surface area contributed by atoms with Gasteiger partial charge >= 0.3 is 0 Å². The van der Waals surface area contributed by atoms with Crippen LogP contribution in [0.5, 0.6) is 0 Å². The first-order valence-corrected chi connectivity index (χ1v) is 5.06. The highest BCUT2D eigenvalue weighted by Crippen LogP contribution is 2.18. The van der Waals surface area contributed by atoms with E-state index in [1.165, 1.54) is 0 Å². The highest BCUT2D eigenvalue weighted by molar-refractivity contribution is 5.16. The van der Waals surface area contributed by atoms with E-state index in [4.69, 9.17) is 4.74 Å². The van der Waals surface area contributed by atoms with Crippen molar-refractivity contribution in [2.45, 2.75) is 25.4 Å². The zero-order valence-electron chi connectivity index (χ0n) is 8.65. The standard InChI is InChI=1S/C12H18O2/c1-14-10-6-5-9-12(13)11-7-3-2-4-8-11/h2-4,7-8,12-13H,5-6,9-10H2,1H3/t12-/m1/s1. The Labute approximate surface area is 85.5 Å². The molecule has 0 radical (unpaired) electrons. The van der Waals surface area contributed by atoms with Crippen LogP contribution in [-0.4, -0.2) is 18.8 Å². The van der Waals surface area contributed by atoms with Gasteiger partial charge in [0, 0.05) is 13.7 Å². The van der Waals surface area contributed by atoms with Gasteiger partial charge in [0.2, 0.25) is 0 Å². The molecule has 0 amide bonds. The Balaban J connectivity index is 2.25. The van der Waals surface area contributed by atoms with Gasteiger partial charge in [-0.25, -0.2) is 0 Å². The molecular weight excluding hydrogens is 176 g/mol. The number of aliphatic hydroxyl groups is 1. The van der Waals surface area contributed by atoms with Crippen LogP contribution < -0.4 is 0 Å². The third-order valence-electron chi connectivity index (χ3n) is 2.26. The molecule has 0 saturated heterocycles. The van der Waals surface area contributed by atoms with Crippen molar-refractivity contribution in [2.24, 2.45) is 0 Å². The predicted molar refractivity (Wildman–Crippen MR) is 57.1 cm³/mol. The maximum atomic E-state index is 9.78. The minimum absolute atomic E-state index is 0.326. The summed E-state index contributed by atoms with van der Waals surface area (Å²) < 4.78 is 4.95. The van der Waals surface area contributed by atoms with E-state index in [0.717, 1.165) is 31.4 Å². The van der Waals surface area contributed by atoms with Gasteiger partial charge in [-0.05, 0) is 24.8 Å². The van der Waals surface area contributed by atoms with Gasteiger partial charge in [0.1, 0.15) is 0 Å². The smallest absolute Gasteiger partial charge is 0.0790 e. The van der Waals surface area contributed by atoms with E-state index in [9.17, 15) is 5.11 Å². The Bertz CT molecular complexity index is 233. The average molecular weight is 194 g/mol. The number of hydrogen-bond acceptors (Lipinski definition) is 2. The molecule has 0 spiro atoms. The molecule has 0 aliphatic rings. The summed E-state index contributed by atoms with van der Waals surface area (Å²) in [6, 6.07) is 9.78. The van der Waals surface area contributed by atoms with Gasteiger partial charge in [-0.2, -0.15) is 0 Å². The average Bonchev–Trinajstić information content (AvgIpc) is 2.25. The van der Waals surface area contributed by atoms with E-state index in [1.807, 2.05) is 30.3 Å². The molecule has 1 aromatic carbocycles. The number of unbranched alkanes of at least 4 members (excludes halogenated alkanes) is 1. The third kappa shape index (κ3) is 3.90. The van der Waals surface area contributed by atoms with Crippen LogP contribution >= 0.6 is 0 Å². The van der Waals surface area contributed by atoms with Crippen molar-refractivity contribution in [3.8, 4) is 0 Å². The van der Waals surface area contributed by atoms with Crippen molar-refractivity contribution < 1.29 is 9.84 Å². The number of aliphatic hydroxyl groups excluding tert-OH is 1. The second kappa shape index (κ2) is 6.57. The van der Waals surface area contributed by atoms with Crippen LogP contribution in [0.4, 0.5) is 0 Å². The van der Waals surface area contributed by atoms with Crippen LogP contribution in [0.2, 0.25) is 0 Å². The van der Waals surface area contributed by atoms with Gasteiger partial charge in [0.05, 0.1) is 6.10 Å². The minimum Gasteiger partial charge on any atom is -0.388 e. The van der Waals surface area contributed by atoms with Crippen molar-refractivity contribution in [2.75, 3.05) is 13.7 Å². The topological polar surface area (TPSA) is 29.5 Å². The molecule has 14 heavy (non-hydrogen) atoms. The molecule has 0 heterocycles. The molecule has 1 atom stereocenters. The molecule has 0 aliphatic heterocycles. The lowest BCUT2D eigenvalue weighted by Crippen LogP contribution is -1.98. The van der Waals surface area contributed by atoms with Gasteiger partial charge in [-0.3, -0.25) is 0 Å². The summed E-state index contributed by atoms with van der Waals surface area (Å²) in [6.07, 6.45) is 2.51. The quantitative estimate of drug-likeness (QED) is 0.705. The number of rotatable bonds is 6. The molecule has 0 bridgehead atoms. The summed E-state index contributed by atoms with van der Waals surface area (Å²) in [4.78, 5) is 0. The van der Waals surface area contributed by atoms with Gasteiger partial charge in [-0.1, -0.05) is 30.3 Å². The molecule has 78 valence electrons. The number of benzene rings is 1. The lowest BCUT2D eigenvalue weighted by Gasteiger charge is -2.10. The molecule has 1 rings (SSSR count). The van der Waals surface area contributed by atoms with Gasteiger partial charge in [0.15, 0.2) is 0 Å². The third-order valence-corrected chi connectivity index (χ3v) is 2.26. The Kier molecular flexibility index (Phi) is 5.27. The van der Waals surface area contributed by atoms with Crippen LogP contribution in [0.3, 0.4) is 0 Å². The first-order valence-electron chi connectivity index (χ1n) is 5.06. The fraction of sp³-hybridized carbons (Fsp3) is 0.500. The Morgan fingerprint density at radius 3 is 2.57 bits per heavy atom. The minimum atomic E-state index is -0.326. The summed E-state index contributed by atoms with van der Waals surface area (Å²) >= 11 is 0. The van der Waals surface area contributed by atoms with Gasteiger partial charge < -0.3 is 9.84 Å². The number of ether oxygens (including phenoxy) is 1. The fourth-order valence-electron chi connectivity index (χ4n) is 1.43. The van der Waals surface area contributed by atoms with Crippen molar-refractivity contribution in [3.05, 3.63) is 35.9 Å². The molecule has 2 nitrogen and oxygen atoms in total. The first-order chi connectivity index (χ1) is 6.84. The largest absolute Gasteiger partial charge is 0.388 e. The van der Waals surface area contributed by atoms with E-state index in [2.05, 4.69) is 0 Å². The van der Waals surface area contributed by atoms with E-state index in [0.29, 0.717) is 0 Å². The van der Waals surface area contributed by atoms with E-state index in [1.54, 1.807) is 7.11 Å². The highest BCUT2D eigenvalue weighted by Gasteiger charge is 2.05. The first kappa shape index (κ1) is 11.2. The van der Waals surface area contributed by atoms with E-state index in [-0.39, 0.29) is 6.10 Å². The summed E-state index contributed by atoms with van der Waals surface area (Å²) in [5.41, 5.74) is 1.00. The molecule has 1 aromatic rings. The molecule has 0 aromatic heterocycles. The highest BCUT2D eigenvalue weighted by atomic mass is 16.5. The monoisotopic (exact) mass is 194 g/mol. The molecule has 0 saturated carbocycles. The summed E-state index contributed by atoms with van der Waals surface area (Å²) in [7, 11) is 1.70. The van der Waals surface area contributed by atoms with Crippen molar-refractivity contribution >= 4 is 0 Å². The van der Waals surface area contributed by atoms with Crippen LogP contribution in [0, 0.1) is 0 Å². The lowest BCUT2D eigenvalue weighted by molar-refractivity contribution is 0.151. The number of hydrogen-bond donors (Lipinski definition) is 1. The predicted octanol–water partition coefficient (Wildman–Crippen LogP) is 2.54. The summed E-state index contributed by atoms with van der Waals surface area (Å²) in [5, 5.41) is 9.78. The normalized spacial score (nSPS) is 12.7. The van der Waals surface area contributed by atoms with Crippen LogP contribution in [0.1, 0.15) is 30.9 Å². The van der Waals surface area contributed by atoms with Crippen LogP contribution in [0.15, 0.2) is 30.3 Å². The van der Waals surface area contributed by atoms with Crippen LogP contribution in [0.25, 0.3) is 0 Å². The van der Waals surface area contributed by atoms with Gasteiger partial charge in [-0.15, -0.1) is 0 Å². The van der Waals surface area contributed by atoms with E-state index < -0.39 is 0 Å². The molecule has 2 heteroatoms. The maximum absolute atomic E-state index is 9.78. The SMILES string of the molecule is COCCCC[C@@H](O)c1ccccc1. The fourth-order valence-corrected chi connectivity index (χ4v) is 1.43. The van der Waals surface area contributed by atoms with Crippen LogP contribution in [-0.2, 0) is 4.74 Å². The summed E-state index contributed by atoms with van der Waals surface area (Å²) in [6.45, 7) is 0.779. The molecular formula is C12H18O2. The van der Waals surface area contributed by atoms with Crippen molar-refractivity contribution in [1.29, 1.82) is 0 Å². The maximum Gasteiger partial charge on any atom is 0.0790 e. The summed E-state index contributed by atoms with van der Waals surface area (Å²) in [5.74, 6) is 0. The second-order valence-electron chi connectivity index (χ2n) is 3.42. The zero-order valence-corrected chi connectivity index (χ0v) is 8.65. The molecule has 0 unspecified atom stereocenters. The lowest BCUT2D eigenvalue weighted by atomic mass is 10.0. The van der Waals surface area contributed by atoms with Gasteiger partial charge in [0.25, 0.3) is 0 Å². The zero-order chi connectivity index (χ0) is 10.2. The van der Waals surface area contributed by atoms with Crippen molar-refractivity contribution in [1.82, 2.24) is 0 Å². The molecule has 0 aliphatic carbocycles. The molecule has 1 N–H and O–H groups in total. The number of methoxy groups -OCH3 is 1. The Hall–Kier alpha value is -0.860. The van der Waals surface area contributed by atoms with E-state index >= 15 is 0 Å².